The van der Waals surface area contributed by atoms with Crippen LogP contribution in [0.1, 0.15) is 46.1 Å². The van der Waals surface area contributed by atoms with E-state index in [9.17, 15) is 28.8 Å². The van der Waals surface area contributed by atoms with Gasteiger partial charge in [0.25, 0.3) is 5.91 Å². The maximum atomic E-state index is 13.2. The highest BCUT2D eigenvalue weighted by Gasteiger charge is 2.35. The summed E-state index contributed by atoms with van der Waals surface area (Å²) < 4.78 is 0. The molecule has 6 N–H and O–H groups in total. The molecule has 2 rings (SSSR count). The number of hydrogen-bond donors (Lipinski definition) is 5. The Bertz CT molecular complexity index is 1310. The van der Waals surface area contributed by atoms with Crippen molar-refractivity contribution in [3.05, 3.63) is 48.0 Å². The predicted molar refractivity (Wildman–Crippen MR) is 157 cm³/mol. The van der Waals surface area contributed by atoms with Gasteiger partial charge in [0.2, 0.25) is 23.5 Å². The Morgan fingerprint density at radius 3 is 2.12 bits per heavy atom. The van der Waals surface area contributed by atoms with Gasteiger partial charge >= 0.3 is 6.09 Å². The van der Waals surface area contributed by atoms with Gasteiger partial charge in [0.1, 0.15) is 12.1 Å². The number of hydrogen-bond acceptors (Lipinski definition) is 6. The van der Waals surface area contributed by atoms with Crippen LogP contribution in [-0.4, -0.2) is 77.2 Å². The molecule has 4 atom stereocenters. The van der Waals surface area contributed by atoms with Crippen LogP contribution in [0.4, 0.5) is 4.79 Å². The van der Waals surface area contributed by atoms with E-state index in [-0.39, 0.29) is 18.8 Å². The molecule has 0 heterocycles. The minimum Gasteiger partial charge on any atom is -0.465 e. The number of likely N-dealkylation sites (N-methyl/N-ethyl adjacent to an activating group) is 1. The van der Waals surface area contributed by atoms with Gasteiger partial charge in [-0.15, -0.1) is 0 Å². The largest absolute Gasteiger partial charge is 0.465 e. The molecule has 2 aromatic rings. The summed E-state index contributed by atoms with van der Waals surface area (Å²) in [6.45, 7) is 6.54. The number of carbonyl (C=O) groups is 6. The molecule has 228 valence electrons. The molecule has 0 saturated carbocycles. The van der Waals surface area contributed by atoms with Crippen molar-refractivity contribution >= 4 is 46.3 Å². The molecule has 1 unspecified atom stereocenters. The first-order chi connectivity index (χ1) is 19.7. The van der Waals surface area contributed by atoms with Crippen molar-refractivity contribution in [3.8, 4) is 0 Å². The number of benzene rings is 2. The number of fused-ring (bicyclic) bond motifs is 1. The third-order valence-corrected chi connectivity index (χ3v) is 6.99. The lowest BCUT2D eigenvalue weighted by molar-refractivity contribution is -0.147. The molecule has 2 aromatic carbocycles. The monoisotopic (exact) mass is 583 g/mol. The Labute approximate surface area is 245 Å². The zero-order chi connectivity index (χ0) is 31.6. The van der Waals surface area contributed by atoms with Crippen LogP contribution in [0.15, 0.2) is 42.5 Å². The van der Waals surface area contributed by atoms with Gasteiger partial charge in [-0.25, -0.2) is 4.79 Å². The van der Waals surface area contributed by atoms with E-state index in [0.717, 1.165) is 21.2 Å². The molecule has 0 fully saturated rings. The molecule has 0 aliphatic rings. The molecule has 12 nitrogen and oxygen atoms in total. The van der Waals surface area contributed by atoms with Crippen molar-refractivity contribution in [2.75, 3.05) is 13.6 Å². The minimum atomic E-state index is -1.39. The van der Waals surface area contributed by atoms with Gasteiger partial charge in [-0.2, -0.15) is 0 Å². The summed E-state index contributed by atoms with van der Waals surface area (Å²) >= 11 is 0. The quantitative estimate of drug-likeness (QED) is 0.197. The first-order valence-electron chi connectivity index (χ1n) is 13.9. The second-order valence-electron chi connectivity index (χ2n) is 10.9. The van der Waals surface area contributed by atoms with Crippen molar-refractivity contribution in [2.45, 2.75) is 65.1 Å². The molecule has 0 spiro atoms. The standard InChI is InChI=1S/C30H41N5O7/c1-6-18(4)25(34-28(39)23(13-17(2)3)33-30(41)42)26(37)29(40)35(5)16-24(36)32-22(27(31)38)15-19-11-12-20-9-7-8-10-21(20)14-19/h7-12,14,17-18,22-23,25,33H,6,13,15-16H2,1-5H3,(H2,31,38)(H,32,36)(H,34,39)(H,41,42)/t18-,22-,23-,25?/m0/s1. The Morgan fingerprint density at radius 2 is 1.55 bits per heavy atom. The van der Waals surface area contributed by atoms with E-state index in [0.29, 0.717) is 6.42 Å². The van der Waals surface area contributed by atoms with E-state index >= 15 is 0 Å². The number of primary amides is 1. The van der Waals surface area contributed by atoms with Gasteiger partial charge in [0.05, 0.1) is 12.6 Å². The van der Waals surface area contributed by atoms with Crippen LogP contribution >= 0.6 is 0 Å². The first-order valence-corrected chi connectivity index (χ1v) is 13.9. The number of nitrogens with zero attached hydrogens (tertiary/aromatic N) is 1. The second kappa shape index (κ2) is 15.5. The molecule has 0 aromatic heterocycles. The fourth-order valence-corrected chi connectivity index (χ4v) is 4.48. The van der Waals surface area contributed by atoms with Gasteiger partial charge in [0, 0.05) is 13.5 Å². The molecular weight excluding hydrogens is 542 g/mol. The zero-order valence-electron chi connectivity index (χ0n) is 24.7. The summed E-state index contributed by atoms with van der Waals surface area (Å²) in [5.41, 5.74) is 6.31. The van der Waals surface area contributed by atoms with E-state index in [1.165, 1.54) is 7.05 Å². The van der Waals surface area contributed by atoms with Gasteiger partial charge in [-0.1, -0.05) is 76.6 Å². The van der Waals surface area contributed by atoms with E-state index in [1.807, 2.05) is 56.3 Å². The molecule has 0 radical (unpaired) electrons. The number of carboxylic acid groups (broad SMARTS) is 1. The van der Waals surface area contributed by atoms with Crippen LogP contribution in [0, 0.1) is 11.8 Å². The van der Waals surface area contributed by atoms with Crippen LogP contribution < -0.4 is 21.7 Å². The molecule has 42 heavy (non-hydrogen) atoms. The Morgan fingerprint density at radius 1 is 0.905 bits per heavy atom. The minimum absolute atomic E-state index is 0.0258. The molecule has 0 saturated heterocycles. The zero-order valence-corrected chi connectivity index (χ0v) is 24.7. The lowest BCUT2D eigenvalue weighted by Gasteiger charge is -2.27. The fourth-order valence-electron chi connectivity index (χ4n) is 4.48. The highest BCUT2D eigenvalue weighted by Crippen LogP contribution is 2.17. The smallest absolute Gasteiger partial charge is 0.405 e. The highest BCUT2D eigenvalue weighted by atomic mass is 16.4. The predicted octanol–water partition coefficient (Wildman–Crippen LogP) is 1.59. The third-order valence-electron chi connectivity index (χ3n) is 6.99. The maximum absolute atomic E-state index is 13.2. The second-order valence-corrected chi connectivity index (χ2v) is 10.9. The average Bonchev–Trinajstić information content (AvgIpc) is 2.93. The Kier molecular flexibility index (Phi) is 12.4. The van der Waals surface area contributed by atoms with Gasteiger partial charge in [-0.05, 0) is 34.6 Å². The number of ketones is 1. The number of amides is 5. The molecule has 12 heteroatoms. The van der Waals surface area contributed by atoms with Crippen molar-refractivity contribution in [3.63, 3.8) is 0 Å². The Hall–Kier alpha value is -4.48. The van der Waals surface area contributed by atoms with Crippen molar-refractivity contribution in [1.82, 2.24) is 20.9 Å². The third kappa shape index (κ3) is 9.86. The summed E-state index contributed by atoms with van der Waals surface area (Å²) in [5, 5.41) is 18.3. The first kappa shape index (κ1) is 33.7. The lowest BCUT2D eigenvalue weighted by Crippen LogP contribution is -2.56. The van der Waals surface area contributed by atoms with Crippen LogP contribution in [0.3, 0.4) is 0 Å². The van der Waals surface area contributed by atoms with Gasteiger partial charge in [0.15, 0.2) is 0 Å². The van der Waals surface area contributed by atoms with Crippen molar-refractivity contribution in [2.24, 2.45) is 17.6 Å². The summed E-state index contributed by atoms with van der Waals surface area (Å²) in [5.74, 6) is -4.64. The number of Topliss-reactive ketones (excluding diaryl/α,β-unsaturated/α-hetero) is 1. The number of nitrogens with two attached hydrogens (primary N) is 1. The topological polar surface area (TPSA) is 188 Å². The SMILES string of the molecule is CC[C@H](C)C(NC(=O)[C@H](CC(C)C)NC(=O)O)C(=O)C(=O)N(C)CC(=O)N[C@@H](Cc1ccc2ccccc2c1)C(N)=O. The van der Waals surface area contributed by atoms with Crippen LogP contribution in [-0.2, 0) is 30.4 Å². The van der Waals surface area contributed by atoms with Crippen LogP contribution in [0.2, 0.25) is 0 Å². The van der Waals surface area contributed by atoms with E-state index < -0.39 is 66.1 Å². The number of rotatable bonds is 15. The van der Waals surface area contributed by atoms with E-state index in [2.05, 4.69) is 16.0 Å². The molecule has 0 aliphatic carbocycles. The summed E-state index contributed by atoms with van der Waals surface area (Å²) in [4.78, 5) is 76.1. The summed E-state index contributed by atoms with van der Waals surface area (Å²) in [7, 11) is 1.26. The van der Waals surface area contributed by atoms with Crippen molar-refractivity contribution in [1.29, 1.82) is 0 Å². The van der Waals surface area contributed by atoms with Crippen molar-refractivity contribution < 1.29 is 33.9 Å². The molecule has 0 aliphatic heterocycles. The normalized spacial score (nSPS) is 13.9. The summed E-state index contributed by atoms with van der Waals surface area (Å²) in [6.07, 6.45) is -0.635. The highest BCUT2D eigenvalue weighted by molar-refractivity contribution is 6.38. The van der Waals surface area contributed by atoms with Crippen LogP contribution in [0.5, 0.6) is 0 Å². The van der Waals surface area contributed by atoms with E-state index in [1.54, 1.807) is 13.8 Å². The number of nitrogens with one attached hydrogen (secondary N) is 3. The van der Waals surface area contributed by atoms with Gasteiger partial charge in [-0.3, -0.25) is 24.0 Å². The Balaban J connectivity index is 2.08. The number of carbonyl (C=O) groups excluding carboxylic acids is 5. The lowest BCUT2D eigenvalue weighted by atomic mass is 9.93. The van der Waals surface area contributed by atoms with Gasteiger partial charge < -0.3 is 31.7 Å². The molecule has 0 bridgehead atoms. The maximum Gasteiger partial charge on any atom is 0.405 e. The van der Waals surface area contributed by atoms with E-state index in [4.69, 9.17) is 10.8 Å². The molecule has 5 amide bonds. The fraction of sp³-hybridized carbons (Fsp3) is 0.467. The average molecular weight is 584 g/mol. The summed E-state index contributed by atoms with van der Waals surface area (Å²) in [6, 6.07) is 9.91. The molecular formula is C30H41N5O7. The van der Waals surface area contributed by atoms with Crippen LogP contribution in [0.25, 0.3) is 10.8 Å².